The lowest BCUT2D eigenvalue weighted by molar-refractivity contribution is 0.311. The molecule has 0 heterocycles. The summed E-state index contributed by atoms with van der Waals surface area (Å²) in [5.74, 6) is 1.30. The van der Waals surface area contributed by atoms with Gasteiger partial charge in [0.2, 0.25) is 0 Å². The van der Waals surface area contributed by atoms with Crippen LogP contribution < -0.4 is 20.1 Å². The smallest absolute Gasteiger partial charge is 0.195 e. The van der Waals surface area contributed by atoms with E-state index in [1.807, 2.05) is 19.1 Å². The van der Waals surface area contributed by atoms with E-state index in [1.54, 1.807) is 38.4 Å². The number of hydrogen-bond acceptors (Lipinski definition) is 4. The van der Waals surface area contributed by atoms with Crippen molar-refractivity contribution in [1.29, 1.82) is 5.26 Å². The van der Waals surface area contributed by atoms with E-state index < -0.39 is 5.82 Å². The lowest BCUT2D eigenvalue weighted by Gasteiger charge is -2.15. The average Bonchev–Trinajstić information content (AvgIpc) is 2.66. The van der Waals surface area contributed by atoms with Crippen LogP contribution in [0.15, 0.2) is 41.4 Å². The van der Waals surface area contributed by atoms with Gasteiger partial charge in [0.1, 0.15) is 5.82 Å². The van der Waals surface area contributed by atoms with Crippen LogP contribution in [0, 0.1) is 17.1 Å². The Morgan fingerprint density at radius 2 is 2.04 bits per heavy atom. The first-order valence-corrected chi connectivity index (χ1v) is 8.08. The zero-order chi connectivity index (χ0) is 18.9. The lowest BCUT2D eigenvalue weighted by atomic mass is 10.1. The first-order valence-electron chi connectivity index (χ1n) is 8.08. The molecule has 0 bridgehead atoms. The standard InChI is InChI=1S/C19H21FN4O2/c1-4-26-18-10-15(7-8-17(18)25-3)24-19(22-2)23-12-14-6-5-13(11-21)9-16(14)20/h5-10H,4,12H2,1-3H3,(H2,22,23,24). The molecule has 6 nitrogen and oxygen atoms in total. The molecular formula is C19H21FN4O2. The Kier molecular flexibility index (Phi) is 6.80. The van der Waals surface area contributed by atoms with Crippen molar-refractivity contribution in [3.05, 3.63) is 53.3 Å². The second-order valence-electron chi connectivity index (χ2n) is 5.27. The summed E-state index contributed by atoms with van der Waals surface area (Å²) in [6.07, 6.45) is 0. The predicted molar refractivity (Wildman–Crippen MR) is 99.1 cm³/mol. The van der Waals surface area contributed by atoms with Gasteiger partial charge in [0.05, 0.1) is 25.3 Å². The van der Waals surface area contributed by atoms with Crippen molar-refractivity contribution in [1.82, 2.24) is 5.32 Å². The highest BCUT2D eigenvalue weighted by Crippen LogP contribution is 2.30. The molecule has 0 saturated heterocycles. The maximum atomic E-state index is 14.0. The Bertz CT molecular complexity index is 831. The van der Waals surface area contributed by atoms with E-state index in [4.69, 9.17) is 14.7 Å². The number of ether oxygens (including phenoxy) is 2. The van der Waals surface area contributed by atoms with Gasteiger partial charge in [0, 0.05) is 30.9 Å². The Balaban J connectivity index is 2.06. The molecule has 2 aromatic rings. The van der Waals surface area contributed by atoms with E-state index >= 15 is 0 Å². The quantitative estimate of drug-likeness (QED) is 0.613. The van der Waals surface area contributed by atoms with Gasteiger partial charge in [0.25, 0.3) is 0 Å². The van der Waals surface area contributed by atoms with Crippen molar-refractivity contribution >= 4 is 11.6 Å². The number of hydrogen-bond donors (Lipinski definition) is 2. The van der Waals surface area contributed by atoms with E-state index in [2.05, 4.69) is 15.6 Å². The first kappa shape index (κ1) is 19.1. The fourth-order valence-electron chi connectivity index (χ4n) is 2.28. The van der Waals surface area contributed by atoms with Crippen LogP contribution in [-0.2, 0) is 6.54 Å². The van der Waals surface area contributed by atoms with E-state index in [1.165, 1.54) is 6.07 Å². The second-order valence-corrected chi connectivity index (χ2v) is 5.27. The van der Waals surface area contributed by atoms with Crippen molar-refractivity contribution in [2.75, 3.05) is 26.1 Å². The number of halogens is 1. The molecule has 0 saturated carbocycles. The second kappa shape index (κ2) is 9.28. The molecule has 2 aromatic carbocycles. The summed E-state index contributed by atoms with van der Waals surface area (Å²) >= 11 is 0. The molecule has 0 aliphatic rings. The SMILES string of the molecule is CCOc1cc(NC(=NC)NCc2ccc(C#N)cc2F)ccc1OC. The molecule has 0 aromatic heterocycles. The highest BCUT2D eigenvalue weighted by atomic mass is 19.1. The summed E-state index contributed by atoms with van der Waals surface area (Å²) in [6.45, 7) is 2.64. The predicted octanol–water partition coefficient (Wildman–Crippen LogP) is 3.29. The maximum absolute atomic E-state index is 14.0. The van der Waals surface area contributed by atoms with Crippen molar-refractivity contribution in [2.45, 2.75) is 13.5 Å². The molecule has 0 amide bonds. The van der Waals surface area contributed by atoms with Crippen LogP contribution in [0.3, 0.4) is 0 Å². The van der Waals surface area contributed by atoms with E-state index in [0.717, 1.165) is 5.69 Å². The zero-order valence-electron chi connectivity index (χ0n) is 15.0. The molecule has 7 heteroatoms. The van der Waals surface area contributed by atoms with Crippen LogP contribution in [-0.4, -0.2) is 26.7 Å². The third kappa shape index (κ3) is 4.86. The average molecular weight is 356 g/mol. The van der Waals surface area contributed by atoms with Gasteiger partial charge in [-0.2, -0.15) is 5.26 Å². The molecule has 0 unspecified atom stereocenters. The van der Waals surface area contributed by atoms with Crippen LogP contribution in [0.25, 0.3) is 0 Å². The highest BCUT2D eigenvalue weighted by Gasteiger charge is 2.08. The normalized spacial score (nSPS) is 10.8. The molecule has 0 spiro atoms. The first-order chi connectivity index (χ1) is 12.6. The van der Waals surface area contributed by atoms with E-state index in [-0.39, 0.29) is 12.1 Å². The molecule has 0 aliphatic carbocycles. The van der Waals surface area contributed by atoms with Gasteiger partial charge in [-0.15, -0.1) is 0 Å². The lowest BCUT2D eigenvalue weighted by Crippen LogP contribution is -2.30. The van der Waals surface area contributed by atoms with Gasteiger partial charge >= 0.3 is 0 Å². The number of nitrogens with one attached hydrogen (secondary N) is 2. The van der Waals surface area contributed by atoms with Crippen molar-refractivity contribution in [3.63, 3.8) is 0 Å². The molecule has 0 fully saturated rings. The zero-order valence-corrected chi connectivity index (χ0v) is 15.0. The van der Waals surface area contributed by atoms with Crippen molar-refractivity contribution < 1.29 is 13.9 Å². The summed E-state index contributed by atoms with van der Waals surface area (Å²) < 4.78 is 24.8. The van der Waals surface area contributed by atoms with Crippen molar-refractivity contribution in [2.24, 2.45) is 4.99 Å². The third-order valence-corrected chi connectivity index (χ3v) is 3.58. The van der Waals surface area contributed by atoms with E-state index in [9.17, 15) is 4.39 Å². The van der Waals surface area contributed by atoms with Crippen LogP contribution in [0.5, 0.6) is 11.5 Å². The number of aliphatic imine (C=N–C) groups is 1. The Hall–Kier alpha value is -3.27. The Morgan fingerprint density at radius 3 is 2.65 bits per heavy atom. The van der Waals surface area contributed by atoms with Gasteiger partial charge < -0.3 is 20.1 Å². The molecule has 2 N–H and O–H groups in total. The largest absolute Gasteiger partial charge is 0.493 e. The van der Waals surface area contributed by atoms with Crippen LogP contribution >= 0.6 is 0 Å². The molecule has 136 valence electrons. The van der Waals surface area contributed by atoms with Gasteiger partial charge in [-0.25, -0.2) is 4.39 Å². The number of guanidine groups is 1. The minimum atomic E-state index is -0.435. The minimum absolute atomic E-state index is 0.228. The number of nitriles is 1. The number of methoxy groups -OCH3 is 1. The third-order valence-electron chi connectivity index (χ3n) is 3.58. The molecule has 0 radical (unpaired) electrons. The molecule has 2 rings (SSSR count). The van der Waals surface area contributed by atoms with Crippen molar-refractivity contribution in [3.8, 4) is 17.6 Å². The number of rotatable bonds is 6. The fraction of sp³-hybridized carbons (Fsp3) is 0.263. The Morgan fingerprint density at radius 1 is 1.23 bits per heavy atom. The summed E-state index contributed by atoms with van der Waals surface area (Å²) in [6, 6.07) is 11.7. The van der Waals surface area contributed by atoms with Crippen LogP contribution in [0.4, 0.5) is 10.1 Å². The summed E-state index contributed by atoms with van der Waals surface area (Å²) in [4.78, 5) is 4.13. The van der Waals surface area contributed by atoms with Gasteiger partial charge in [0.15, 0.2) is 17.5 Å². The Labute approximate surface area is 152 Å². The summed E-state index contributed by atoms with van der Waals surface area (Å²) in [5, 5.41) is 14.9. The van der Waals surface area contributed by atoms with Gasteiger partial charge in [-0.3, -0.25) is 4.99 Å². The fourth-order valence-corrected chi connectivity index (χ4v) is 2.28. The van der Waals surface area contributed by atoms with Crippen LogP contribution in [0.1, 0.15) is 18.1 Å². The summed E-state index contributed by atoms with van der Waals surface area (Å²) in [7, 11) is 3.20. The minimum Gasteiger partial charge on any atom is -0.493 e. The number of benzene rings is 2. The van der Waals surface area contributed by atoms with Crippen LogP contribution in [0.2, 0.25) is 0 Å². The monoisotopic (exact) mass is 356 g/mol. The topological polar surface area (TPSA) is 78.7 Å². The molecule has 0 aliphatic heterocycles. The molecule has 26 heavy (non-hydrogen) atoms. The van der Waals surface area contributed by atoms with Gasteiger partial charge in [-0.05, 0) is 31.2 Å². The summed E-state index contributed by atoms with van der Waals surface area (Å²) in [5.41, 5.74) is 1.48. The van der Waals surface area contributed by atoms with Gasteiger partial charge in [-0.1, -0.05) is 6.07 Å². The number of anilines is 1. The molecular weight excluding hydrogens is 335 g/mol. The highest BCUT2D eigenvalue weighted by molar-refractivity contribution is 5.93. The maximum Gasteiger partial charge on any atom is 0.195 e. The number of nitrogens with zero attached hydrogens (tertiary/aromatic N) is 2. The molecule has 0 atom stereocenters. The van der Waals surface area contributed by atoms with E-state index in [0.29, 0.717) is 29.6 Å².